The average Bonchev–Trinajstić information content (AvgIpc) is 3.16. The lowest BCUT2D eigenvalue weighted by Crippen LogP contribution is -2.68. The molecule has 6 nitrogen and oxygen atoms in total. The van der Waals surface area contributed by atoms with Gasteiger partial charge in [0.1, 0.15) is 5.82 Å². The first-order valence-electron chi connectivity index (χ1n) is 17.7. The largest absolute Gasteiger partial charge is 0.469 e. The molecule has 0 aliphatic carbocycles. The van der Waals surface area contributed by atoms with Crippen LogP contribution in [0, 0.1) is 17.4 Å². The summed E-state index contributed by atoms with van der Waals surface area (Å²) in [6.45, 7) is 10.5. The van der Waals surface area contributed by atoms with Gasteiger partial charge in [-0.1, -0.05) is 144 Å². The highest BCUT2D eigenvalue weighted by atomic mass is 31.2. The smallest absolute Gasteiger partial charge is 0.308 e. The van der Waals surface area contributed by atoms with E-state index in [1.54, 1.807) is 12.1 Å². The highest BCUT2D eigenvalue weighted by Gasteiger charge is 2.52. The number of hydrogen-bond acceptors (Lipinski definition) is 6. The molecule has 0 spiro atoms. The van der Waals surface area contributed by atoms with E-state index in [2.05, 4.69) is 56.6 Å². The number of rotatable bonds is 12. The van der Waals surface area contributed by atoms with Crippen LogP contribution in [0.2, 0.25) is 5.04 Å². The number of pyridine rings is 1. The number of benzene rings is 4. The maximum Gasteiger partial charge on any atom is 0.308 e. The summed E-state index contributed by atoms with van der Waals surface area (Å²) in [5.41, 5.74) is 7.42. The lowest BCUT2D eigenvalue weighted by atomic mass is 9.93. The van der Waals surface area contributed by atoms with Crippen LogP contribution in [0.15, 0.2) is 121 Å². The van der Waals surface area contributed by atoms with E-state index in [1.165, 1.54) is 26.4 Å². The van der Waals surface area contributed by atoms with Crippen molar-refractivity contribution in [3.05, 3.63) is 138 Å². The molecule has 0 saturated carbocycles. The van der Waals surface area contributed by atoms with Crippen LogP contribution in [0.3, 0.4) is 0 Å². The zero-order chi connectivity index (χ0) is 38.2. The molecule has 0 aliphatic heterocycles. The van der Waals surface area contributed by atoms with Crippen molar-refractivity contribution < 1.29 is 27.4 Å². The Kier molecular flexibility index (Phi) is 12.7. The number of methoxy groups -OCH3 is 1. The molecule has 0 aliphatic rings. The van der Waals surface area contributed by atoms with Crippen molar-refractivity contribution in [2.45, 2.75) is 58.1 Å². The van der Waals surface area contributed by atoms with Gasteiger partial charge >= 0.3 is 5.97 Å². The van der Waals surface area contributed by atoms with Crippen LogP contribution >= 0.6 is 7.37 Å². The van der Waals surface area contributed by atoms with Gasteiger partial charge in [0.25, 0.3) is 15.7 Å². The lowest BCUT2D eigenvalue weighted by molar-refractivity contribution is -0.142. The molecule has 0 fully saturated rings. The quantitative estimate of drug-likeness (QED) is 0.0548. The zero-order valence-corrected chi connectivity index (χ0v) is 33.3. The summed E-state index contributed by atoms with van der Waals surface area (Å²) in [6, 6.07) is 38.1. The Morgan fingerprint density at radius 2 is 1.38 bits per heavy atom. The van der Waals surface area contributed by atoms with E-state index < -0.39 is 32.8 Å². The van der Waals surface area contributed by atoms with Gasteiger partial charge in [0.2, 0.25) is 0 Å². The second-order valence-electron chi connectivity index (χ2n) is 14.3. The normalized spacial score (nSPS) is 13.5. The number of aromatic nitrogens is 1. The SMILES string of the molecule is COC(=O)C[C@@H](CP(=O)(C#Cc1c(-c2ccc(F)cc2)cc(-c2ccccc2)nc1C(C)C)OC)O[Si](c1ccccc1)(c1ccccc1)C(C)(C)C. The van der Waals surface area contributed by atoms with Crippen LogP contribution in [0.4, 0.5) is 4.39 Å². The van der Waals surface area contributed by atoms with Gasteiger partial charge in [-0.3, -0.25) is 14.3 Å². The maximum absolute atomic E-state index is 14.8. The molecule has 274 valence electrons. The molecular formula is C44H47FNO5PSi. The Morgan fingerprint density at radius 3 is 1.87 bits per heavy atom. The summed E-state index contributed by atoms with van der Waals surface area (Å²) >= 11 is 0. The minimum atomic E-state index is -3.81. The van der Waals surface area contributed by atoms with Crippen LogP contribution in [0.5, 0.6) is 0 Å². The summed E-state index contributed by atoms with van der Waals surface area (Å²) in [5, 5.41) is 1.62. The Balaban J connectivity index is 1.66. The first-order chi connectivity index (χ1) is 25.3. The minimum absolute atomic E-state index is 0.0605. The maximum atomic E-state index is 14.8. The van der Waals surface area contributed by atoms with E-state index in [9.17, 15) is 13.8 Å². The molecule has 5 aromatic rings. The summed E-state index contributed by atoms with van der Waals surface area (Å²) < 4.78 is 47.1. The number of esters is 1. The van der Waals surface area contributed by atoms with Crippen molar-refractivity contribution >= 4 is 32.0 Å². The molecule has 1 unspecified atom stereocenters. The predicted octanol–water partition coefficient (Wildman–Crippen LogP) is 9.42. The van der Waals surface area contributed by atoms with Crippen molar-refractivity contribution in [2.24, 2.45) is 0 Å². The van der Waals surface area contributed by atoms with E-state index in [1.807, 2.05) is 86.6 Å². The molecule has 53 heavy (non-hydrogen) atoms. The molecule has 9 heteroatoms. The second-order valence-corrected chi connectivity index (χ2v) is 20.9. The van der Waals surface area contributed by atoms with Gasteiger partial charge < -0.3 is 13.7 Å². The van der Waals surface area contributed by atoms with Crippen LogP contribution in [0.25, 0.3) is 22.4 Å². The van der Waals surface area contributed by atoms with Gasteiger partial charge in [-0.2, -0.15) is 0 Å². The van der Waals surface area contributed by atoms with Crippen molar-refractivity contribution in [1.29, 1.82) is 0 Å². The van der Waals surface area contributed by atoms with E-state index >= 15 is 0 Å². The van der Waals surface area contributed by atoms with Crippen molar-refractivity contribution in [3.63, 3.8) is 0 Å². The summed E-state index contributed by atoms with van der Waals surface area (Å²) in [4.78, 5) is 18.0. The van der Waals surface area contributed by atoms with Gasteiger partial charge in [-0.15, -0.1) is 0 Å². The molecule has 1 heterocycles. The zero-order valence-electron chi connectivity index (χ0n) is 31.4. The molecule has 0 radical (unpaired) electrons. The first kappa shape index (κ1) is 39.6. The highest BCUT2D eigenvalue weighted by Crippen LogP contribution is 2.48. The standard InChI is InChI=1S/C44H47FNO5PSi/c1-32(2)43-39(40(33-23-25-35(45)26-24-33)30-41(46-43)34-17-11-8-12-18-34)27-28-52(48,50-7)31-36(29-42(47)49-6)51-53(44(3,4)5,37-19-13-9-14-20-37)38-21-15-10-16-22-38/h8-26,30,32,36H,29,31H2,1-7H3/t36-,52?/m0/s1. The lowest BCUT2D eigenvalue weighted by Gasteiger charge is -2.45. The molecule has 1 aromatic heterocycles. The first-order valence-corrected chi connectivity index (χ1v) is 21.4. The monoisotopic (exact) mass is 747 g/mol. The number of ether oxygens (including phenoxy) is 1. The van der Waals surface area contributed by atoms with Crippen LogP contribution in [-0.2, 0) is 23.0 Å². The Hall–Kier alpha value is -4.64. The summed E-state index contributed by atoms with van der Waals surface area (Å²) in [6.07, 6.45) is -1.18. The Labute approximate surface area is 314 Å². The molecule has 2 atom stereocenters. The molecule has 5 rings (SSSR count). The molecule has 4 aromatic carbocycles. The third kappa shape index (κ3) is 9.12. The minimum Gasteiger partial charge on any atom is -0.469 e. The van der Waals surface area contributed by atoms with Gasteiger partial charge in [0.15, 0.2) is 0 Å². The average molecular weight is 748 g/mol. The van der Waals surface area contributed by atoms with E-state index in [-0.39, 0.29) is 24.3 Å². The number of nitrogens with zero attached hydrogens (tertiary/aromatic N) is 1. The molecule has 0 N–H and O–H groups in total. The van der Waals surface area contributed by atoms with Crippen molar-refractivity contribution in [2.75, 3.05) is 20.4 Å². The van der Waals surface area contributed by atoms with Crippen molar-refractivity contribution in [3.8, 4) is 34.0 Å². The third-order valence-electron chi connectivity index (χ3n) is 9.29. The number of halogens is 1. The van der Waals surface area contributed by atoms with Gasteiger partial charge in [-0.05, 0) is 50.8 Å². The second kappa shape index (κ2) is 17.0. The van der Waals surface area contributed by atoms with E-state index in [0.29, 0.717) is 11.3 Å². The Morgan fingerprint density at radius 1 is 0.830 bits per heavy atom. The van der Waals surface area contributed by atoms with Crippen LogP contribution in [-0.4, -0.2) is 45.8 Å². The van der Waals surface area contributed by atoms with Crippen LogP contribution < -0.4 is 10.4 Å². The van der Waals surface area contributed by atoms with Crippen LogP contribution in [0.1, 0.15) is 58.2 Å². The molecule has 0 amide bonds. The predicted molar refractivity (Wildman–Crippen MR) is 215 cm³/mol. The van der Waals surface area contributed by atoms with Crippen molar-refractivity contribution in [1.82, 2.24) is 4.98 Å². The highest BCUT2D eigenvalue weighted by molar-refractivity contribution is 7.64. The summed E-state index contributed by atoms with van der Waals surface area (Å²) in [7, 11) is -4.30. The van der Waals surface area contributed by atoms with Gasteiger partial charge in [-0.25, -0.2) is 4.39 Å². The summed E-state index contributed by atoms with van der Waals surface area (Å²) in [5.74, 6) is 2.31. The number of carbonyl (C=O) groups is 1. The fraction of sp³-hybridized carbons (Fsp3) is 0.273. The third-order valence-corrected chi connectivity index (χ3v) is 16.3. The van der Waals surface area contributed by atoms with Gasteiger partial charge in [0.05, 0.1) is 42.7 Å². The number of carbonyl (C=O) groups excluding carboxylic acids is 1. The van der Waals surface area contributed by atoms with E-state index in [0.717, 1.165) is 32.8 Å². The topological polar surface area (TPSA) is 74.7 Å². The molecule has 0 bridgehead atoms. The molecular weight excluding hydrogens is 701 g/mol. The Bertz CT molecular complexity index is 2070. The molecule has 0 saturated heterocycles. The van der Waals surface area contributed by atoms with Gasteiger partial charge in [0, 0.05) is 18.2 Å². The van der Waals surface area contributed by atoms with E-state index in [4.69, 9.17) is 18.7 Å². The fourth-order valence-electron chi connectivity index (χ4n) is 6.66. The number of hydrogen-bond donors (Lipinski definition) is 0. The fourth-order valence-corrected chi connectivity index (χ4v) is 12.8.